The maximum atomic E-state index is 13.1. The van der Waals surface area contributed by atoms with Crippen LogP contribution in [-0.4, -0.2) is 11.5 Å². The van der Waals surface area contributed by atoms with Crippen LogP contribution in [0.5, 0.6) is 0 Å². The zero-order valence-electron chi connectivity index (χ0n) is 9.99. The molecule has 2 nitrogen and oxygen atoms in total. The summed E-state index contributed by atoms with van der Waals surface area (Å²) in [6.45, 7) is 2.92. The van der Waals surface area contributed by atoms with E-state index in [1.165, 1.54) is 12.1 Å². The van der Waals surface area contributed by atoms with Crippen LogP contribution in [0.4, 0.5) is 4.39 Å². The van der Waals surface area contributed by atoms with Gasteiger partial charge in [-0.2, -0.15) is 0 Å². The van der Waals surface area contributed by atoms with Crippen LogP contribution in [0.1, 0.15) is 23.5 Å². The molecule has 2 rings (SSSR count). The summed E-state index contributed by atoms with van der Waals surface area (Å²) in [6.07, 6.45) is 2.62. The fraction of sp³-hybridized carbons (Fsp3) is 0.308. The second-order valence-corrected chi connectivity index (χ2v) is 5.74. The number of halogens is 2. The lowest BCUT2D eigenvalue weighted by atomic mass is 10.0. The molecule has 1 atom stereocenters. The number of hydrogen-bond donors (Lipinski definition) is 1. The summed E-state index contributed by atoms with van der Waals surface area (Å²) in [6, 6.07) is 4.96. The van der Waals surface area contributed by atoms with Gasteiger partial charge in [-0.1, -0.05) is 28.9 Å². The van der Waals surface area contributed by atoms with Crippen LogP contribution in [0.3, 0.4) is 0 Å². The predicted octanol–water partition coefficient (Wildman–Crippen LogP) is 3.94. The summed E-state index contributed by atoms with van der Waals surface area (Å²) in [5, 5.41) is 6.46. The molecule has 1 aromatic heterocycles. The van der Waals surface area contributed by atoms with Crippen LogP contribution >= 0.6 is 27.3 Å². The first-order valence-electron chi connectivity index (χ1n) is 5.77. The minimum Gasteiger partial charge on any atom is -0.310 e. The fourth-order valence-electron chi connectivity index (χ4n) is 1.85. The number of benzene rings is 1. The molecular formula is C13H14BrFN2S. The molecule has 1 heterocycles. The van der Waals surface area contributed by atoms with Crippen molar-refractivity contribution < 1.29 is 4.39 Å². The van der Waals surface area contributed by atoms with Crippen LogP contribution < -0.4 is 5.32 Å². The highest BCUT2D eigenvalue weighted by Crippen LogP contribution is 2.27. The molecule has 0 radical (unpaired) electrons. The molecule has 0 spiro atoms. The molecule has 0 saturated carbocycles. The van der Waals surface area contributed by atoms with E-state index in [0.717, 1.165) is 28.0 Å². The fourth-order valence-corrected chi connectivity index (χ4v) is 3.14. The topological polar surface area (TPSA) is 24.9 Å². The minimum absolute atomic E-state index is 0.149. The first kappa shape index (κ1) is 13.6. The van der Waals surface area contributed by atoms with Gasteiger partial charge in [0.1, 0.15) is 5.82 Å². The maximum absolute atomic E-state index is 13.1. The molecule has 1 aromatic carbocycles. The van der Waals surface area contributed by atoms with Gasteiger partial charge in [0.15, 0.2) is 0 Å². The lowest BCUT2D eigenvalue weighted by Gasteiger charge is -2.18. The van der Waals surface area contributed by atoms with Crippen LogP contribution in [0, 0.1) is 5.82 Å². The van der Waals surface area contributed by atoms with Gasteiger partial charge in [-0.05, 0) is 24.2 Å². The Balaban J connectivity index is 2.23. The Morgan fingerprint density at radius 2 is 2.33 bits per heavy atom. The van der Waals surface area contributed by atoms with Gasteiger partial charge in [-0.3, -0.25) is 0 Å². The summed E-state index contributed by atoms with van der Waals surface area (Å²) in [7, 11) is 0. The molecule has 0 aliphatic heterocycles. The molecule has 96 valence electrons. The van der Waals surface area contributed by atoms with Gasteiger partial charge in [0, 0.05) is 28.5 Å². The molecule has 1 unspecified atom stereocenters. The quantitative estimate of drug-likeness (QED) is 0.899. The van der Waals surface area contributed by atoms with Crippen LogP contribution in [0.15, 0.2) is 34.2 Å². The van der Waals surface area contributed by atoms with Gasteiger partial charge in [-0.15, -0.1) is 11.3 Å². The molecule has 2 aromatic rings. The smallest absolute Gasteiger partial charge is 0.124 e. The largest absolute Gasteiger partial charge is 0.310 e. The molecule has 0 aliphatic rings. The zero-order valence-corrected chi connectivity index (χ0v) is 12.4. The first-order chi connectivity index (χ1) is 8.70. The van der Waals surface area contributed by atoms with Crippen molar-refractivity contribution in [2.45, 2.75) is 19.4 Å². The van der Waals surface area contributed by atoms with Gasteiger partial charge in [-0.25, -0.2) is 9.37 Å². The van der Waals surface area contributed by atoms with Crippen molar-refractivity contribution in [2.75, 3.05) is 6.54 Å². The highest BCUT2D eigenvalue weighted by atomic mass is 79.9. The molecule has 0 bridgehead atoms. The molecule has 0 amide bonds. The van der Waals surface area contributed by atoms with E-state index in [4.69, 9.17) is 0 Å². The highest BCUT2D eigenvalue weighted by Gasteiger charge is 2.15. The van der Waals surface area contributed by atoms with Crippen LogP contribution in [0.25, 0.3) is 0 Å². The molecule has 18 heavy (non-hydrogen) atoms. The van der Waals surface area contributed by atoms with Crippen molar-refractivity contribution in [3.63, 3.8) is 0 Å². The Labute approximate surface area is 118 Å². The van der Waals surface area contributed by atoms with Gasteiger partial charge in [0.2, 0.25) is 0 Å². The van der Waals surface area contributed by atoms with E-state index in [9.17, 15) is 4.39 Å². The Bertz CT molecular complexity index is 502. The highest BCUT2D eigenvalue weighted by molar-refractivity contribution is 9.10. The number of aromatic nitrogens is 1. The SMILES string of the molecule is CCNC(Cc1nccs1)c1ccc(F)cc1Br. The number of nitrogens with zero attached hydrogens (tertiary/aromatic N) is 1. The standard InChI is InChI=1S/C13H14BrFN2S/c1-2-16-12(8-13-17-5-6-18-13)10-4-3-9(15)7-11(10)14/h3-7,12,16H,2,8H2,1H3. The Morgan fingerprint density at radius 1 is 1.50 bits per heavy atom. The van der Waals surface area contributed by atoms with Crippen LogP contribution in [0.2, 0.25) is 0 Å². The molecule has 0 aliphatic carbocycles. The van der Waals surface area contributed by atoms with E-state index in [1.54, 1.807) is 11.3 Å². The summed E-state index contributed by atoms with van der Waals surface area (Å²) >= 11 is 5.07. The van der Waals surface area contributed by atoms with E-state index in [-0.39, 0.29) is 11.9 Å². The third-order valence-corrected chi connectivity index (χ3v) is 4.14. The monoisotopic (exact) mass is 328 g/mol. The molecule has 1 N–H and O–H groups in total. The van der Waals surface area contributed by atoms with Crippen molar-refractivity contribution in [2.24, 2.45) is 0 Å². The molecule has 5 heteroatoms. The van der Waals surface area contributed by atoms with Gasteiger partial charge in [0.05, 0.1) is 5.01 Å². The number of nitrogens with one attached hydrogen (secondary N) is 1. The van der Waals surface area contributed by atoms with E-state index < -0.39 is 0 Å². The normalized spacial score (nSPS) is 12.6. The number of hydrogen-bond acceptors (Lipinski definition) is 3. The molecule has 0 saturated heterocycles. The van der Waals surface area contributed by atoms with Gasteiger partial charge >= 0.3 is 0 Å². The third-order valence-electron chi connectivity index (χ3n) is 2.65. The third kappa shape index (κ3) is 3.37. The predicted molar refractivity (Wildman–Crippen MR) is 76.3 cm³/mol. The van der Waals surface area contributed by atoms with Crippen molar-refractivity contribution in [1.82, 2.24) is 10.3 Å². The Hall–Kier alpha value is -0.780. The zero-order chi connectivity index (χ0) is 13.0. The van der Waals surface area contributed by atoms with Crippen molar-refractivity contribution in [3.05, 3.63) is 50.6 Å². The van der Waals surface area contributed by atoms with E-state index >= 15 is 0 Å². The summed E-state index contributed by atoms with van der Waals surface area (Å²) < 4.78 is 13.9. The first-order valence-corrected chi connectivity index (χ1v) is 7.44. The van der Waals surface area contributed by atoms with Gasteiger partial charge in [0.25, 0.3) is 0 Å². The summed E-state index contributed by atoms with van der Waals surface area (Å²) in [5.74, 6) is -0.227. The molecule has 0 fully saturated rings. The Morgan fingerprint density at radius 3 is 2.94 bits per heavy atom. The summed E-state index contributed by atoms with van der Waals surface area (Å²) in [4.78, 5) is 4.30. The van der Waals surface area contributed by atoms with Crippen LogP contribution in [-0.2, 0) is 6.42 Å². The maximum Gasteiger partial charge on any atom is 0.124 e. The van der Waals surface area contributed by atoms with E-state index in [0.29, 0.717) is 0 Å². The lowest BCUT2D eigenvalue weighted by Crippen LogP contribution is -2.23. The second-order valence-electron chi connectivity index (χ2n) is 3.91. The number of rotatable bonds is 5. The average molecular weight is 329 g/mol. The minimum atomic E-state index is -0.227. The Kier molecular flexibility index (Phi) is 4.86. The average Bonchev–Trinajstić information content (AvgIpc) is 2.81. The number of thiazole rings is 1. The summed E-state index contributed by atoms with van der Waals surface area (Å²) in [5.41, 5.74) is 1.06. The van der Waals surface area contributed by atoms with Crippen molar-refractivity contribution in [1.29, 1.82) is 0 Å². The van der Waals surface area contributed by atoms with Crippen molar-refractivity contribution in [3.8, 4) is 0 Å². The van der Waals surface area contributed by atoms with Crippen molar-refractivity contribution >= 4 is 27.3 Å². The number of likely N-dealkylation sites (N-methyl/N-ethyl adjacent to an activating group) is 1. The lowest BCUT2D eigenvalue weighted by molar-refractivity contribution is 0.544. The molecular weight excluding hydrogens is 315 g/mol. The second kappa shape index (κ2) is 6.41. The van der Waals surface area contributed by atoms with E-state index in [2.05, 4.69) is 33.2 Å². The van der Waals surface area contributed by atoms with E-state index in [1.807, 2.05) is 17.6 Å². The van der Waals surface area contributed by atoms with Gasteiger partial charge < -0.3 is 5.32 Å².